The van der Waals surface area contributed by atoms with Crippen molar-refractivity contribution >= 4 is 46.8 Å². The molecule has 1 rings (SSSR count). The third kappa shape index (κ3) is 7.49. The van der Waals surface area contributed by atoms with Gasteiger partial charge in [-0.15, -0.1) is 0 Å². The number of hydrogen-bond donors (Lipinski definition) is 5. The Morgan fingerprint density at radius 2 is 1.96 bits per heavy atom. The Balaban J connectivity index is 2.61. The highest BCUT2D eigenvalue weighted by atomic mass is 35.5. The first-order valence-corrected chi connectivity index (χ1v) is 8.21. The van der Waals surface area contributed by atoms with Gasteiger partial charge in [0.25, 0.3) is 0 Å². The molecule has 1 atom stereocenters. The van der Waals surface area contributed by atoms with Gasteiger partial charge in [-0.25, -0.2) is 4.79 Å². The Morgan fingerprint density at radius 1 is 1.28 bits per heavy atom. The second-order valence-corrected chi connectivity index (χ2v) is 6.25. The van der Waals surface area contributed by atoms with E-state index in [0.29, 0.717) is 23.7 Å². The molecule has 0 aliphatic rings. The fourth-order valence-corrected chi connectivity index (χ4v) is 2.19. The van der Waals surface area contributed by atoms with Crippen LogP contribution in [0.15, 0.2) is 18.2 Å². The van der Waals surface area contributed by atoms with Crippen molar-refractivity contribution in [2.75, 3.05) is 26.0 Å². The molecular weight excluding hydrogens is 369 g/mol. The third-order valence-corrected chi connectivity index (χ3v) is 3.95. The normalized spacial score (nSPS) is 11.4. The van der Waals surface area contributed by atoms with Crippen LogP contribution in [0.1, 0.15) is 12.8 Å². The molecule has 0 saturated carbocycles. The van der Waals surface area contributed by atoms with Crippen molar-refractivity contribution in [3.63, 3.8) is 0 Å². The van der Waals surface area contributed by atoms with Gasteiger partial charge in [-0.3, -0.25) is 10.2 Å². The van der Waals surface area contributed by atoms with Crippen LogP contribution in [0.4, 0.5) is 10.5 Å². The monoisotopic (exact) mass is 389 g/mol. The van der Waals surface area contributed by atoms with Gasteiger partial charge in [-0.05, 0) is 31.0 Å². The summed E-state index contributed by atoms with van der Waals surface area (Å²) in [6.07, 6.45) is -0.522. The number of carbonyl (C=O) groups excluding carboxylic acids is 1. The molecule has 1 aromatic rings. The average molecular weight is 390 g/mol. The van der Waals surface area contributed by atoms with Crippen LogP contribution < -0.4 is 16.0 Å². The van der Waals surface area contributed by atoms with E-state index < -0.39 is 18.0 Å². The molecular formula is C15H21Cl2N5O3. The molecule has 0 fully saturated rings. The van der Waals surface area contributed by atoms with Crippen LogP contribution in [0.5, 0.6) is 0 Å². The molecule has 5 N–H and O–H groups in total. The van der Waals surface area contributed by atoms with Crippen LogP contribution in [-0.2, 0) is 4.79 Å². The molecule has 0 bridgehead atoms. The van der Waals surface area contributed by atoms with Crippen molar-refractivity contribution in [3.05, 3.63) is 28.2 Å². The van der Waals surface area contributed by atoms with Crippen LogP contribution >= 0.6 is 23.2 Å². The summed E-state index contributed by atoms with van der Waals surface area (Å²) in [4.78, 5) is 24.8. The number of carboxylic acid groups (broad SMARTS) is 1. The summed E-state index contributed by atoms with van der Waals surface area (Å²) in [6, 6.07) is 3.67. The van der Waals surface area contributed by atoms with Crippen molar-refractivity contribution in [2.24, 2.45) is 0 Å². The van der Waals surface area contributed by atoms with Gasteiger partial charge in [0.2, 0.25) is 5.91 Å². The number of benzene rings is 1. The number of hydrogen-bond acceptors (Lipinski definition) is 3. The molecule has 138 valence electrons. The van der Waals surface area contributed by atoms with Gasteiger partial charge >= 0.3 is 6.09 Å². The SMILES string of the molecule is CN(C)C(=N)NCCCC(NC(=O)O)C(=O)Nc1ccc(Cl)c(Cl)c1. The van der Waals surface area contributed by atoms with E-state index in [1.807, 2.05) is 0 Å². The average Bonchev–Trinajstić information content (AvgIpc) is 2.53. The van der Waals surface area contributed by atoms with Gasteiger partial charge in [-0.1, -0.05) is 23.2 Å². The number of nitrogens with one attached hydrogen (secondary N) is 4. The highest BCUT2D eigenvalue weighted by Gasteiger charge is 2.20. The lowest BCUT2D eigenvalue weighted by molar-refractivity contribution is -0.118. The molecule has 0 aliphatic heterocycles. The number of halogens is 2. The quantitative estimate of drug-likeness (QED) is 0.279. The summed E-state index contributed by atoms with van der Waals surface area (Å²) < 4.78 is 0. The minimum atomic E-state index is -1.29. The second-order valence-electron chi connectivity index (χ2n) is 5.43. The van der Waals surface area contributed by atoms with E-state index in [0.717, 1.165) is 0 Å². The lowest BCUT2D eigenvalue weighted by Gasteiger charge is -2.18. The minimum absolute atomic E-state index is 0.239. The van der Waals surface area contributed by atoms with E-state index in [1.165, 1.54) is 12.1 Å². The molecule has 0 aliphatic carbocycles. The molecule has 1 aromatic carbocycles. The number of carbonyl (C=O) groups is 2. The van der Waals surface area contributed by atoms with E-state index in [4.69, 9.17) is 33.7 Å². The lowest BCUT2D eigenvalue weighted by atomic mass is 10.1. The minimum Gasteiger partial charge on any atom is -0.465 e. The van der Waals surface area contributed by atoms with Gasteiger partial charge in [0.1, 0.15) is 6.04 Å². The van der Waals surface area contributed by atoms with E-state index in [9.17, 15) is 9.59 Å². The highest BCUT2D eigenvalue weighted by molar-refractivity contribution is 6.42. The fourth-order valence-electron chi connectivity index (χ4n) is 1.89. The lowest BCUT2D eigenvalue weighted by Crippen LogP contribution is -2.44. The molecule has 0 spiro atoms. The molecule has 1 unspecified atom stereocenters. The van der Waals surface area contributed by atoms with Gasteiger partial charge < -0.3 is 26.0 Å². The number of guanidine groups is 1. The van der Waals surface area contributed by atoms with Gasteiger partial charge in [0.15, 0.2) is 5.96 Å². The van der Waals surface area contributed by atoms with Crippen molar-refractivity contribution in [1.82, 2.24) is 15.5 Å². The first kappa shape index (κ1) is 20.9. The number of rotatable bonds is 7. The standard InChI is InChI=1S/C15H21Cl2N5O3/c1-22(2)14(18)19-7-3-4-12(21-15(24)25)13(23)20-9-5-6-10(16)11(17)8-9/h5-6,8,12,21H,3-4,7H2,1-2H3,(H2,18,19)(H,20,23)(H,24,25). The van der Waals surface area contributed by atoms with Gasteiger partial charge in [0.05, 0.1) is 10.0 Å². The van der Waals surface area contributed by atoms with Crippen molar-refractivity contribution in [1.29, 1.82) is 5.41 Å². The first-order chi connectivity index (χ1) is 11.7. The smallest absolute Gasteiger partial charge is 0.405 e. The Labute approximate surface area is 156 Å². The Hall–Kier alpha value is -2.19. The van der Waals surface area contributed by atoms with E-state index in [2.05, 4.69) is 16.0 Å². The summed E-state index contributed by atoms with van der Waals surface area (Å²) in [7, 11) is 3.46. The Kier molecular flexibility index (Phi) is 8.30. The largest absolute Gasteiger partial charge is 0.465 e. The summed E-state index contributed by atoms with van der Waals surface area (Å²) in [5, 5.41) is 24.8. The fraction of sp³-hybridized carbons (Fsp3) is 0.400. The number of amides is 2. The zero-order chi connectivity index (χ0) is 19.0. The molecule has 0 saturated heterocycles. The maximum Gasteiger partial charge on any atom is 0.405 e. The highest BCUT2D eigenvalue weighted by Crippen LogP contribution is 2.25. The first-order valence-electron chi connectivity index (χ1n) is 7.46. The summed E-state index contributed by atoms with van der Waals surface area (Å²) in [5.41, 5.74) is 0.420. The summed E-state index contributed by atoms with van der Waals surface area (Å²) in [6.45, 7) is 0.439. The second kappa shape index (κ2) is 9.95. The van der Waals surface area contributed by atoms with Crippen LogP contribution in [0.3, 0.4) is 0 Å². The predicted octanol–water partition coefficient (Wildman–Crippen LogP) is 2.43. The van der Waals surface area contributed by atoms with Crippen molar-refractivity contribution in [3.8, 4) is 0 Å². The number of anilines is 1. The van der Waals surface area contributed by atoms with Crippen LogP contribution in [-0.4, -0.2) is 54.6 Å². The molecule has 0 aromatic heterocycles. The molecule has 2 amide bonds. The Bertz CT molecular complexity index is 640. The van der Waals surface area contributed by atoms with Crippen molar-refractivity contribution < 1.29 is 14.7 Å². The van der Waals surface area contributed by atoms with E-state index >= 15 is 0 Å². The topological polar surface area (TPSA) is 118 Å². The zero-order valence-corrected chi connectivity index (χ0v) is 15.4. The maximum atomic E-state index is 12.3. The molecule has 8 nitrogen and oxygen atoms in total. The van der Waals surface area contributed by atoms with Gasteiger partial charge in [-0.2, -0.15) is 0 Å². The van der Waals surface area contributed by atoms with Crippen LogP contribution in [0.25, 0.3) is 0 Å². The van der Waals surface area contributed by atoms with Crippen LogP contribution in [0, 0.1) is 5.41 Å². The number of nitrogens with zero attached hydrogens (tertiary/aromatic N) is 1. The predicted molar refractivity (Wildman–Crippen MR) is 98.7 cm³/mol. The summed E-state index contributed by atoms with van der Waals surface area (Å²) in [5.74, 6) is -0.258. The third-order valence-electron chi connectivity index (χ3n) is 3.21. The van der Waals surface area contributed by atoms with Crippen molar-refractivity contribution in [2.45, 2.75) is 18.9 Å². The Morgan fingerprint density at radius 3 is 2.52 bits per heavy atom. The van der Waals surface area contributed by atoms with Crippen LogP contribution in [0.2, 0.25) is 10.0 Å². The molecule has 0 radical (unpaired) electrons. The maximum absolute atomic E-state index is 12.3. The summed E-state index contributed by atoms with van der Waals surface area (Å²) >= 11 is 11.7. The van der Waals surface area contributed by atoms with Gasteiger partial charge in [0, 0.05) is 26.3 Å². The molecule has 0 heterocycles. The van der Waals surface area contributed by atoms with E-state index in [-0.39, 0.29) is 17.4 Å². The van der Waals surface area contributed by atoms with E-state index in [1.54, 1.807) is 25.1 Å². The zero-order valence-electron chi connectivity index (χ0n) is 13.9. The molecule has 25 heavy (non-hydrogen) atoms. The molecule has 10 heteroatoms.